The van der Waals surface area contributed by atoms with Crippen molar-refractivity contribution in [1.29, 1.82) is 0 Å². The Morgan fingerprint density at radius 2 is 2.08 bits per heavy atom. The number of rotatable bonds is 3. The summed E-state index contributed by atoms with van der Waals surface area (Å²) in [6.07, 6.45) is 3.19. The summed E-state index contributed by atoms with van der Waals surface area (Å²) >= 11 is 5.74. The fourth-order valence-electron chi connectivity index (χ4n) is 2.75. The number of benzene rings is 1. The number of hydrogen-bond acceptors (Lipinski definition) is 4. The zero-order valence-electron chi connectivity index (χ0n) is 13.3. The number of aromatic nitrogens is 2. The Morgan fingerprint density at radius 1 is 1.33 bits per heavy atom. The summed E-state index contributed by atoms with van der Waals surface area (Å²) in [5.41, 5.74) is 1.43. The largest absolute Gasteiger partial charge is 0.341 e. The first kappa shape index (κ1) is 16.6. The van der Waals surface area contributed by atoms with Crippen molar-refractivity contribution in [3.8, 4) is 0 Å². The van der Waals surface area contributed by atoms with E-state index in [-0.39, 0.29) is 16.8 Å². The number of piperidine rings is 1. The summed E-state index contributed by atoms with van der Waals surface area (Å²) in [7, 11) is 0. The van der Waals surface area contributed by atoms with E-state index in [0.717, 1.165) is 31.6 Å². The highest BCUT2D eigenvalue weighted by Crippen LogP contribution is 2.24. The smallest absolute Gasteiger partial charge is 0.227 e. The number of anilines is 2. The molecule has 0 unspecified atom stereocenters. The average molecular weight is 349 g/mol. The van der Waals surface area contributed by atoms with Crippen LogP contribution in [-0.4, -0.2) is 29.0 Å². The molecule has 1 aliphatic heterocycles. The first-order valence-corrected chi connectivity index (χ1v) is 8.21. The van der Waals surface area contributed by atoms with Crippen LogP contribution in [-0.2, 0) is 4.79 Å². The molecule has 3 rings (SSSR count). The summed E-state index contributed by atoms with van der Waals surface area (Å²) in [6.45, 7) is 3.39. The third-order valence-corrected chi connectivity index (χ3v) is 4.41. The van der Waals surface area contributed by atoms with Gasteiger partial charge in [-0.15, -0.1) is 0 Å². The van der Waals surface area contributed by atoms with Gasteiger partial charge in [-0.25, -0.2) is 14.4 Å². The maximum atomic E-state index is 13.2. The van der Waals surface area contributed by atoms with Gasteiger partial charge in [0.25, 0.3) is 0 Å². The molecular formula is C17H18ClFN4O. The third-order valence-electron chi connectivity index (χ3n) is 4.12. The summed E-state index contributed by atoms with van der Waals surface area (Å²) in [4.78, 5) is 23.2. The zero-order chi connectivity index (χ0) is 17.1. The molecule has 0 atom stereocenters. The van der Waals surface area contributed by atoms with Crippen molar-refractivity contribution in [3.05, 3.63) is 47.0 Å². The van der Waals surface area contributed by atoms with Crippen LogP contribution in [0.15, 0.2) is 30.5 Å². The van der Waals surface area contributed by atoms with Crippen LogP contribution in [0.4, 0.5) is 16.0 Å². The Morgan fingerprint density at radius 3 is 2.75 bits per heavy atom. The molecule has 2 heterocycles. The van der Waals surface area contributed by atoms with E-state index in [4.69, 9.17) is 11.6 Å². The van der Waals surface area contributed by atoms with Crippen molar-refractivity contribution in [2.45, 2.75) is 19.8 Å². The summed E-state index contributed by atoms with van der Waals surface area (Å²) in [6, 6.07) is 6.03. The molecule has 0 aliphatic carbocycles. The standard InChI is InChI=1S/C17H18ClFN4O/c1-11-4-7-20-17(21-11)23-8-5-12(6-9-23)16(24)22-13-2-3-15(19)14(18)10-13/h2-4,7,10,12H,5-6,8-9H2,1H3,(H,22,24). The number of carbonyl (C=O) groups is 1. The van der Waals surface area contributed by atoms with Crippen molar-refractivity contribution >= 4 is 29.1 Å². The number of nitrogens with zero attached hydrogens (tertiary/aromatic N) is 3. The van der Waals surface area contributed by atoms with E-state index in [0.29, 0.717) is 11.6 Å². The molecule has 0 bridgehead atoms. The molecule has 1 saturated heterocycles. The van der Waals surface area contributed by atoms with E-state index >= 15 is 0 Å². The highest BCUT2D eigenvalue weighted by molar-refractivity contribution is 6.31. The van der Waals surface area contributed by atoms with Gasteiger partial charge >= 0.3 is 0 Å². The lowest BCUT2D eigenvalue weighted by molar-refractivity contribution is -0.120. The van der Waals surface area contributed by atoms with Crippen LogP contribution in [0, 0.1) is 18.7 Å². The minimum Gasteiger partial charge on any atom is -0.341 e. The number of nitrogens with one attached hydrogen (secondary N) is 1. The molecule has 1 aromatic heterocycles. The molecule has 1 N–H and O–H groups in total. The topological polar surface area (TPSA) is 58.1 Å². The van der Waals surface area contributed by atoms with E-state index in [9.17, 15) is 9.18 Å². The highest BCUT2D eigenvalue weighted by atomic mass is 35.5. The van der Waals surface area contributed by atoms with Crippen molar-refractivity contribution in [1.82, 2.24) is 9.97 Å². The number of amides is 1. The molecule has 126 valence electrons. The van der Waals surface area contributed by atoms with Crippen LogP contribution in [0.2, 0.25) is 5.02 Å². The minimum absolute atomic E-state index is 0.000726. The number of aryl methyl sites for hydroxylation is 1. The SMILES string of the molecule is Cc1ccnc(N2CCC(C(=O)Nc3ccc(F)c(Cl)c3)CC2)n1. The van der Waals surface area contributed by atoms with Crippen molar-refractivity contribution in [2.24, 2.45) is 5.92 Å². The van der Waals surface area contributed by atoms with Gasteiger partial charge in [-0.2, -0.15) is 0 Å². The van der Waals surface area contributed by atoms with Gasteiger partial charge < -0.3 is 10.2 Å². The lowest BCUT2D eigenvalue weighted by Crippen LogP contribution is -2.39. The second-order valence-corrected chi connectivity index (χ2v) is 6.28. The van der Waals surface area contributed by atoms with Gasteiger partial charge in [0, 0.05) is 36.6 Å². The van der Waals surface area contributed by atoms with E-state index < -0.39 is 5.82 Å². The Balaban J connectivity index is 1.58. The number of halogens is 2. The Hall–Kier alpha value is -2.21. The molecule has 1 amide bonds. The predicted octanol–water partition coefficient (Wildman–Crippen LogP) is 3.43. The number of carbonyl (C=O) groups excluding carboxylic acids is 1. The molecule has 0 saturated carbocycles. The van der Waals surface area contributed by atoms with Crippen LogP contribution >= 0.6 is 11.6 Å². The fraction of sp³-hybridized carbons (Fsp3) is 0.353. The van der Waals surface area contributed by atoms with Crippen LogP contribution in [0.1, 0.15) is 18.5 Å². The lowest BCUT2D eigenvalue weighted by Gasteiger charge is -2.31. The van der Waals surface area contributed by atoms with Gasteiger partial charge in [-0.3, -0.25) is 4.79 Å². The molecular weight excluding hydrogens is 331 g/mol. The Bertz CT molecular complexity index is 747. The molecule has 5 nitrogen and oxygen atoms in total. The highest BCUT2D eigenvalue weighted by Gasteiger charge is 2.26. The van der Waals surface area contributed by atoms with Crippen LogP contribution < -0.4 is 10.2 Å². The lowest BCUT2D eigenvalue weighted by atomic mass is 9.96. The van der Waals surface area contributed by atoms with Gasteiger partial charge in [0.2, 0.25) is 11.9 Å². The summed E-state index contributed by atoms with van der Waals surface area (Å²) in [5, 5.41) is 2.80. The van der Waals surface area contributed by atoms with Gasteiger partial charge in [0.1, 0.15) is 5.82 Å². The molecule has 7 heteroatoms. The van der Waals surface area contributed by atoms with Gasteiger partial charge in [-0.05, 0) is 44.0 Å². The quantitative estimate of drug-likeness (QED) is 0.923. The monoisotopic (exact) mass is 348 g/mol. The van der Waals surface area contributed by atoms with Crippen molar-refractivity contribution in [3.63, 3.8) is 0 Å². The normalized spacial score (nSPS) is 15.4. The Kier molecular flexibility index (Phi) is 4.94. The molecule has 24 heavy (non-hydrogen) atoms. The molecule has 1 aliphatic rings. The summed E-state index contributed by atoms with van der Waals surface area (Å²) < 4.78 is 13.2. The van der Waals surface area contributed by atoms with Gasteiger partial charge in [0.15, 0.2) is 0 Å². The molecule has 0 radical (unpaired) electrons. The van der Waals surface area contributed by atoms with Crippen LogP contribution in [0.25, 0.3) is 0 Å². The van der Waals surface area contributed by atoms with E-state index in [2.05, 4.69) is 20.2 Å². The predicted molar refractivity (Wildman–Crippen MR) is 91.7 cm³/mol. The fourth-order valence-corrected chi connectivity index (χ4v) is 2.93. The van der Waals surface area contributed by atoms with E-state index in [1.54, 1.807) is 6.20 Å². The van der Waals surface area contributed by atoms with E-state index in [1.165, 1.54) is 18.2 Å². The zero-order valence-corrected chi connectivity index (χ0v) is 14.1. The maximum absolute atomic E-state index is 13.2. The Labute approximate surface area is 144 Å². The van der Waals surface area contributed by atoms with Crippen LogP contribution in [0.3, 0.4) is 0 Å². The first-order chi connectivity index (χ1) is 11.5. The molecule has 0 spiro atoms. The minimum atomic E-state index is -0.499. The first-order valence-electron chi connectivity index (χ1n) is 7.83. The second-order valence-electron chi connectivity index (χ2n) is 5.88. The second kappa shape index (κ2) is 7.13. The van der Waals surface area contributed by atoms with Crippen LogP contribution in [0.5, 0.6) is 0 Å². The molecule has 2 aromatic rings. The third kappa shape index (κ3) is 3.82. The molecule has 1 fully saturated rings. The van der Waals surface area contributed by atoms with Crippen molar-refractivity contribution < 1.29 is 9.18 Å². The summed E-state index contributed by atoms with van der Waals surface area (Å²) in [5.74, 6) is 0.0534. The van der Waals surface area contributed by atoms with E-state index in [1.807, 2.05) is 13.0 Å². The maximum Gasteiger partial charge on any atom is 0.227 e. The average Bonchev–Trinajstić information content (AvgIpc) is 2.58. The van der Waals surface area contributed by atoms with Gasteiger partial charge in [-0.1, -0.05) is 11.6 Å². The molecule has 1 aromatic carbocycles. The number of hydrogen-bond donors (Lipinski definition) is 1. The van der Waals surface area contributed by atoms with Crippen molar-refractivity contribution in [2.75, 3.05) is 23.3 Å². The van der Waals surface area contributed by atoms with Gasteiger partial charge in [0.05, 0.1) is 5.02 Å².